The highest BCUT2D eigenvalue weighted by molar-refractivity contribution is 6.22. The fourth-order valence-electron chi connectivity index (χ4n) is 3.48. The minimum absolute atomic E-state index is 0.000695. The number of carbonyl (C=O) groups excluding carboxylic acids is 4. The molecule has 0 aliphatic carbocycles. The lowest BCUT2D eigenvalue weighted by Gasteiger charge is -2.22. The number of nitrogens with zero attached hydrogens (tertiary/aromatic N) is 2. The maximum Gasteiger partial charge on any atom is 0.261 e. The summed E-state index contributed by atoms with van der Waals surface area (Å²) in [6.07, 6.45) is 2.44. The third kappa shape index (κ3) is 3.18. The molecule has 1 fully saturated rings. The monoisotopic (exact) mass is 361 g/mol. The van der Waals surface area contributed by atoms with Crippen molar-refractivity contribution in [1.82, 2.24) is 10.2 Å². The molecule has 0 bridgehead atoms. The number of halogens is 1. The molecule has 1 unspecified atom stereocenters. The third-order valence-corrected chi connectivity index (χ3v) is 4.88. The van der Waals surface area contributed by atoms with Crippen LogP contribution in [-0.4, -0.2) is 48.2 Å². The molecule has 1 N–H and O–H groups in total. The fourth-order valence-corrected chi connectivity index (χ4v) is 3.48. The fraction of sp³-hybridized carbons (Fsp3) is 0.444. The van der Waals surface area contributed by atoms with E-state index < -0.39 is 29.6 Å². The molecule has 2 aliphatic heterocycles. The van der Waals surface area contributed by atoms with Crippen LogP contribution in [0.3, 0.4) is 0 Å². The van der Waals surface area contributed by atoms with Crippen molar-refractivity contribution in [3.63, 3.8) is 0 Å². The Balaban J connectivity index is 1.80. The van der Waals surface area contributed by atoms with Gasteiger partial charge in [0.2, 0.25) is 12.3 Å². The smallest absolute Gasteiger partial charge is 0.261 e. The van der Waals surface area contributed by atoms with Gasteiger partial charge in [-0.05, 0) is 38.3 Å². The molecule has 3 rings (SSSR count). The molecular weight excluding hydrogens is 341 g/mol. The summed E-state index contributed by atoms with van der Waals surface area (Å²) in [6, 6.07) is 2.05. The zero-order chi connectivity index (χ0) is 18.8. The van der Waals surface area contributed by atoms with Gasteiger partial charge in [0.25, 0.3) is 11.8 Å². The first kappa shape index (κ1) is 18.0. The van der Waals surface area contributed by atoms with Crippen molar-refractivity contribution < 1.29 is 23.6 Å². The van der Waals surface area contributed by atoms with E-state index in [-0.39, 0.29) is 30.4 Å². The Morgan fingerprint density at radius 2 is 1.85 bits per heavy atom. The van der Waals surface area contributed by atoms with Gasteiger partial charge in [0.05, 0.1) is 16.8 Å². The zero-order valence-corrected chi connectivity index (χ0v) is 14.5. The molecule has 1 aromatic rings. The summed E-state index contributed by atoms with van der Waals surface area (Å²) in [5, 5.41) is 2.01. The van der Waals surface area contributed by atoms with Gasteiger partial charge in [0, 0.05) is 25.6 Å². The summed E-state index contributed by atoms with van der Waals surface area (Å²) in [5.41, 5.74) is 0.601. The predicted molar refractivity (Wildman–Crippen MR) is 91.2 cm³/mol. The number of nitrogens with one attached hydrogen (secondary N) is 1. The number of benzene rings is 1. The molecule has 4 amide bonds. The average Bonchev–Trinajstić information content (AvgIpc) is 3.21. The van der Waals surface area contributed by atoms with E-state index in [9.17, 15) is 23.6 Å². The Labute approximate surface area is 150 Å². The molecule has 8 heteroatoms. The number of carbonyl (C=O) groups is 4. The second kappa shape index (κ2) is 7.23. The van der Waals surface area contributed by atoms with Crippen molar-refractivity contribution in [3.05, 3.63) is 29.1 Å². The van der Waals surface area contributed by atoms with Gasteiger partial charge in [-0.25, -0.2) is 4.39 Å². The molecule has 1 atom stereocenters. The first-order valence-corrected chi connectivity index (χ1v) is 8.63. The van der Waals surface area contributed by atoms with Crippen LogP contribution in [0.25, 0.3) is 0 Å². The first-order valence-electron chi connectivity index (χ1n) is 8.63. The summed E-state index contributed by atoms with van der Waals surface area (Å²) in [6.45, 7) is 3.10. The van der Waals surface area contributed by atoms with Crippen LogP contribution in [0.4, 0.5) is 10.1 Å². The van der Waals surface area contributed by atoms with E-state index in [2.05, 4.69) is 0 Å². The van der Waals surface area contributed by atoms with E-state index in [1.807, 2.05) is 10.2 Å². The lowest BCUT2D eigenvalue weighted by molar-refractivity contribution is -0.125. The third-order valence-electron chi connectivity index (χ3n) is 4.88. The van der Waals surface area contributed by atoms with Gasteiger partial charge in [-0.1, -0.05) is 0 Å². The van der Waals surface area contributed by atoms with Crippen molar-refractivity contribution in [2.45, 2.75) is 38.6 Å². The maximum absolute atomic E-state index is 14.5. The van der Waals surface area contributed by atoms with Crippen molar-refractivity contribution in [2.24, 2.45) is 0 Å². The minimum atomic E-state index is -0.555. The largest absolute Gasteiger partial charge is 0.369 e. The molecule has 0 saturated carbocycles. The number of anilines is 1. The molecule has 1 aromatic carbocycles. The molecule has 26 heavy (non-hydrogen) atoms. The van der Waals surface area contributed by atoms with Crippen LogP contribution in [0.2, 0.25) is 0 Å². The topological polar surface area (TPSA) is 86.8 Å². The lowest BCUT2D eigenvalue weighted by Crippen LogP contribution is -2.38. The van der Waals surface area contributed by atoms with Gasteiger partial charge in [-0.2, -0.15) is 0 Å². The van der Waals surface area contributed by atoms with E-state index in [1.165, 1.54) is 6.07 Å². The minimum Gasteiger partial charge on any atom is -0.369 e. The van der Waals surface area contributed by atoms with Crippen molar-refractivity contribution in [1.29, 1.82) is 0 Å². The Morgan fingerprint density at radius 3 is 2.46 bits per heavy atom. The molecule has 0 radical (unpaired) electrons. The first-order chi connectivity index (χ1) is 12.4. The summed E-state index contributed by atoms with van der Waals surface area (Å²) in [4.78, 5) is 49.9. The Kier molecular flexibility index (Phi) is 5.01. The maximum atomic E-state index is 14.5. The predicted octanol–water partition coefficient (Wildman–Crippen LogP) is 1.46. The molecule has 2 heterocycles. The highest BCUT2D eigenvalue weighted by atomic mass is 19.1. The SMILES string of the molecule is CC(CCC(=O)NC=O)N1C(=O)c2cc(F)c(N3CCCC3)cc2C1=O. The highest BCUT2D eigenvalue weighted by Crippen LogP contribution is 2.33. The quantitative estimate of drug-likeness (QED) is 0.612. The van der Waals surface area contributed by atoms with E-state index >= 15 is 0 Å². The van der Waals surface area contributed by atoms with Gasteiger partial charge in [-0.15, -0.1) is 0 Å². The van der Waals surface area contributed by atoms with Crippen LogP contribution in [0.1, 0.15) is 53.3 Å². The van der Waals surface area contributed by atoms with Crippen molar-refractivity contribution in [2.75, 3.05) is 18.0 Å². The highest BCUT2D eigenvalue weighted by Gasteiger charge is 2.39. The standard InChI is InChI=1S/C18H20FN3O4/c1-11(4-5-16(24)20-10-23)22-17(25)12-8-14(19)15(9-13(12)18(22)26)21-6-2-3-7-21/h8-11H,2-7H2,1H3,(H,20,23,24). The van der Waals surface area contributed by atoms with Gasteiger partial charge in [0.1, 0.15) is 5.82 Å². The van der Waals surface area contributed by atoms with Gasteiger partial charge < -0.3 is 4.90 Å². The van der Waals surface area contributed by atoms with Crippen LogP contribution >= 0.6 is 0 Å². The van der Waals surface area contributed by atoms with E-state index in [1.54, 1.807) is 6.92 Å². The Morgan fingerprint density at radius 1 is 1.23 bits per heavy atom. The second-order valence-electron chi connectivity index (χ2n) is 6.60. The van der Waals surface area contributed by atoms with Crippen LogP contribution in [0.15, 0.2) is 12.1 Å². The molecule has 0 spiro atoms. The van der Waals surface area contributed by atoms with E-state index in [0.29, 0.717) is 5.69 Å². The molecular formula is C18H20FN3O4. The van der Waals surface area contributed by atoms with Gasteiger partial charge in [0.15, 0.2) is 0 Å². The summed E-state index contributed by atoms with van der Waals surface area (Å²) in [7, 11) is 0. The number of fused-ring (bicyclic) bond motifs is 1. The van der Waals surface area contributed by atoms with Crippen molar-refractivity contribution in [3.8, 4) is 0 Å². The van der Waals surface area contributed by atoms with E-state index in [4.69, 9.17) is 0 Å². The lowest BCUT2D eigenvalue weighted by atomic mass is 10.1. The van der Waals surface area contributed by atoms with Crippen LogP contribution in [0.5, 0.6) is 0 Å². The summed E-state index contributed by atoms with van der Waals surface area (Å²) >= 11 is 0. The molecule has 0 aromatic heterocycles. The van der Waals surface area contributed by atoms with Crippen molar-refractivity contribution >= 4 is 29.8 Å². The number of rotatable bonds is 6. The van der Waals surface area contributed by atoms with Crippen LogP contribution in [-0.2, 0) is 9.59 Å². The van der Waals surface area contributed by atoms with Crippen LogP contribution in [0, 0.1) is 5.82 Å². The van der Waals surface area contributed by atoms with Gasteiger partial charge in [-0.3, -0.25) is 29.4 Å². The summed E-state index contributed by atoms with van der Waals surface area (Å²) in [5.74, 6) is -2.02. The number of hydrogen-bond donors (Lipinski definition) is 1. The average molecular weight is 361 g/mol. The van der Waals surface area contributed by atoms with Crippen LogP contribution < -0.4 is 10.2 Å². The van der Waals surface area contributed by atoms with Gasteiger partial charge >= 0.3 is 0 Å². The second-order valence-corrected chi connectivity index (χ2v) is 6.60. The molecule has 7 nitrogen and oxygen atoms in total. The number of imide groups is 2. The Hall–Kier alpha value is -2.77. The van der Waals surface area contributed by atoms with E-state index in [0.717, 1.165) is 36.9 Å². The zero-order valence-electron chi connectivity index (χ0n) is 14.5. The number of hydrogen-bond acceptors (Lipinski definition) is 5. The summed E-state index contributed by atoms with van der Waals surface area (Å²) < 4.78 is 14.5. The Bertz CT molecular complexity index is 774. The molecule has 138 valence electrons. The molecule has 1 saturated heterocycles. The molecule has 2 aliphatic rings. The number of amides is 4. The normalized spacial score (nSPS) is 17.5.